The second kappa shape index (κ2) is 7.96. The maximum absolute atomic E-state index is 13.8. The Balaban J connectivity index is 1.69. The molecular formula is C21H23F2N3O2. The van der Waals surface area contributed by atoms with Gasteiger partial charge in [0.25, 0.3) is 0 Å². The van der Waals surface area contributed by atoms with Gasteiger partial charge in [-0.05, 0) is 63.1 Å². The largest absolute Gasteiger partial charge is 0.372 e. The maximum Gasteiger partial charge on any atom is 0.240 e. The molecule has 0 saturated heterocycles. The van der Waals surface area contributed by atoms with Crippen LogP contribution in [0.5, 0.6) is 0 Å². The lowest BCUT2D eigenvalue weighted by Crippen LogP contribution is -2.36. The van der Waals surface area contributed by atoms with Crippen LogP contribution in [-0.2, 0) is 9.59 Å². The molecule has 0 atom stereocenters. The first-order valence-corrected chi connectivity index (χ1v) is 9.33. The summed E-state index contributed by atoms with van der Waals surface area (Å²) >= 11 is 0. The lowest BCUT2D eigenvalue weighted by atomic mass is 10.0. The van der Waals surface area contributed by atoms with Gasteiger partial charge in [0, 0.05) is 24.5 Å². The number of hydrogen-bond donors (Lipinski definition) is 2. The monoisotopic (exact) mass is 387 g/mol. The van der Waals surface area contributed by atoms with Crippen molar-refractivity contribution in [2.45, 2.75) is 26.7 Å². The molecule has 2 N–H and O–H groups in total. The minimum Gasteiger partial charge on any atom is -0.372 e. The number of nitrogens with zero attached hydrogens (tertiary/aromatic N) is 1. The summed E-state index contributed by atoms with van der Waals surface area (Å²) in [7, 11) is 0. The van der Waals surface area contributed by atoms with Crippen LogP contribution >= 0.6 is 0 Å². The van der Waals surface area contributed by atoms with Crippen molar-refractivity contribution in [1.29, 1.82) is 0 Å². The van der Waals surface area contributed by atoms with Crippen LogP contribution in [0.4, 0.5) is 25.8 Å². The summed E-state index contributed by atoms with van der Waals surface area (Å²) in [6, 6.07) is 10.7. The Morgan fingerprint density at radius 2 is 1.46 bits per heavy atom. The molecule has 0 heterocycles. The molecule has 2 aromatic rings. The van der Waals surface area contributed by atoms with Gasteiger partial charge < -0.3 is 15.5 Å². The van der Waals surface area contributed by atoms with Crippen molar-refractivity contribution in [1.82, 2.24) is 0 Å². The van der Waals surface area contributed by atoms with E-state index < -0.39 is 34.6 Å². The highest BCUT2D eigenvalue weighted by atomic mass is 19.1. The number of carbonyl (C=O) groups excluding carboxylic acids is 2. The molecule has 0 spiro atoms. The molecule has 1 aliphatic carbocycles. The van der Waals surface area contributed by atoms with Gasteiger partial charge >= 0.3 is 0 Å². The minimum absolute atomic E-state index is 0.332. The van der Waals surface area contributed by atoms with E-state index in [0.717, 1.165) is 30.9 Å². The molecule has 0 aliphatic heterocycles. The van der Waals surface area contributed by atoms with Crippen molar-refractivity contribution in [3.05, 3.63) is 54.1 Å². The van der Waals surface area contributed by atoms with E-state index in [0.29, 0.717) is 18.5 Å². The van der Waals surface area contributed by atoms with Gasteiger partial charge in [-0.25, -0.2) is 8.78 Å². The third-order valence-electron chi connectivity index (χ3n) is 5.07. The second-order valence-corrected chi connectivity index (χ2v) is 6.81. The van der Waals surface area contributed by atoms with E-state index in [9.17, 15) is 18.4 Å². The van der Waals surface area contributed by atoms with Crippen molar-refractivity contribution in [3.63, 3.8) is 0 Å². The van der Waals surface area contributed by atoms with Gasteiger partial charge in [-0.15, -0.1) is 0 Å². The molecule has 0 radical (unpaired) electrons. The quantitative estimate of drug-likeness (QED) is 0.701. The van der Waals surface area contributed by atoms with E-state index in [2.05, 4.69) is 29.4 Å². The SMILES string of the molecule is CCN(CC)c1ccc(NC(=O)C2(C(=O)Nc3c(F)cccc3F)CC2)cc1. The average Bonchev–Trinajstić information content (AvgIpc) is 3.49. The number of hydrogen-bond acceptors (Lipinski definition) is 3. The van der Waals surface area contributed by atoms with Gasteiger partial charge in [0.1, 0.15) is 22.7 Å². The Morgan fingerprint density at radius 3 is 1.96 bits per heavy atom. The highest BCUT2D eigenvalue weighted by Gasteiger charge is 2.56. The molecular weight excluding hydrogens is 364 g/mol. The Hall–Kier alpha value is -2.96. The van der Waals surface area contributed by atoms with E-state index in [1.807, 2.05) is 12.1 Å². The molecule has 0 aromatic heterocycles. The topological polar surface area (TPSA) is 61.4 Å². The van der Waals surface area contributed by atoms with Crippen LogP contribution in [0.2, 0.25) is 0 Å². The number of anilines is 3. The first kappa shape index (κ1) is 19.8. The van der Waals surface area contributed by atoms with Crippen LogP contribution in [0.15, 0.2) is 42.5 Å². The number of benzene rings is 2. The fourth-order valence-corrected chi connectivity index (χ4v) is 3.13. The highest BCUT2D eigenvalue weighted by molar-refractivity contribution is 6.17. The van der Waals surface area contributed by atoms with Crippen molar-refractivity contribution in [2.75, 3.05) is 28.6 Å². The van der Waals surface area contributed by atoms with Crippen LogP contribution in [0.3, 0.4) is 0 Å². The van der Waals surface area contributed by atoms with E-state index in [4.69, 9.17) is 0 Å². The lowest BCUT2D eigenvalue weighted by molar-refractivity contribution is -0.131. The van der Waals surface area contributed by atoms with E-state index in [1.54, 1.807) is 12.1 Å². The molecule has 28 heavy (non-hydrogen) atoms. The smallest absolute Gasteiger partial charge is 0.240 e. The van der Waals surface area contributed by atoms with Crippen LogP contribution in [-0.4, -0.2) is 24.9 Å². The third kappa shape index (κ3) is 3.83. The van der Waals surface area contributed by atoms with Gasteiger partial charge in [0.2, 0.25) is 11.8 Å². The summed E-state index contributed by atoms with van der Waals surface area (Å²) < 4.78 is 27.5. The Bertz CT molecular complexity index is 855. The van der Waals surface area contributed by atoms with Crippen LogP contribution in [0.25, 0.3) is 0 Å². The maximum atomic E-state index is 13.8. The zero-order chi connectivity index (χ0) is 20.3. The third-order valence-corrected chi connectivity index (χ3v) is 5.07. The molecule has 0 unspecified atom stereocenters. The van der Waals surface area contributed by atoms with Gasteiger partial charge in [-0.3, -0.25) is 9.59 Å². The predicted molar refractivity (Wildman–Crippen MR) is 105 cm³/mol. The molecule has 148 valence electrons. The zero-order valence-electron chi connectivity index (χ0n) is 15.9. The molecule has 1 aliphatic rings. The molecule has 7 heteroatoms. The lowest BCUT2D eigenvalue weighted by Gasteiger charge is -2.21. The minimum atomic E-state index is -1.30. The fraction of sp³-hybridized carbons (Fsp3) is 0.333. The van der Waals surface area contributed by atoms with Gasteiger partial charge in [-0.1, -0.05) is 6.07 Å². The molecule has 5 nitrogen and oxygen atoms in total. The number of amides is 2. The predicted octanol–water partition coefficient (Wildman–Crippen LogP) is 4.17. The van der Waals surface area contributed by atoms with Crippen molar-refractivity contribution in [2.24, 2.45) is 5.41 Å². The summed E-state index contributed by atoms with van der Waals surface area (Å²) in [6.07, 6.45) is 0.663. The number of carbonyl (C=O) groups is 2. The number of halogens is 2. The van der Waals surface area contributed by atoms with Crippen LogP contribution in [0.1, 0.15) is 26.7 Å². The first-order valence-electron chi connectivity index (χ1n) is 9.33. The molecule has 1 fully saturated rings. The standard InChI is InChI=1S/C21H23F2N3O2/c1-3-26(4-2)15-10-8-14(9-11-15)24-19(27)21(12-13-21)20(28)25-18-16(22)6-5-7-17(18)23/h5-11H,3-4,12-13H2,1-2H3,(H,24,27)(H,25,28). The number of para-hydroxylation sites is 1. The molecule has 1 saturated carbocycles. The van der Waals surface area contributed by atoms with E-state index >= 15 is 0 Å². The fourth-order valence-electron chi connectivity index (χ4n) is 3.13. The molecule has 3 rings (SSSR count). The second-order valence-electron chi connectivity index (χ2n) is 6.81. The van der Waals surface area contributed by atoms with E-state index in [1.165, 1.54) is 6.07 Å². The Labute approximate surface area is 162 Å². The number of rotatable bonds is 7. The summed E-state index contributed by atoms with van der Waals surface area (Å²) in [5.41, 5.74) is -0.226. The van der Waals surface area contributed by atoms with Gasteiger partial charge in [0.15, 0.2) is 0 Å². The molecule has 0 bridgehead atoms. The normalized spacial score (nSPS) is 14.3. The summed E-state index contributed by atoms with van der Waals surface area (Å²) in [4.78, 5) is 27.4. The summed E-state index contributed by atoms with van der Waals surface area (Å²) in [5.74, 6) is -2.93. The van der Waals surface area contributed by atoms with E-state index in [-0.39, 0.29) is 0 Å². The number of nitrogens with one attached hydrogen (secondary N) is 2. The van der Waals surface area contributed by atoms with Crippen molar-refractivity contribution < 1.29 is 18.4 Å². The average molecular weight is 387 g/mol. The zero-order valence-corrected chi connectivity index (χ0v) is 15.9. The van der Waals surface area contributed by atoms with Crippen molar-refractivity contribution in [3.8, 4) is 0 Å². The molecule has 2 aromatic carbocycles. The van der Waals surface area contributed by atoms with Gasteiger partial charge in [-0.2, -0.15) is 0 Å². The van der Waals surface area contributed by atoms with Crippen LogP contribution < -0.4 is 15.5 Å². The Morgan fingerprint density at radius 1 is 0.929 bits per heavy atom. The summed E-state index contributed by atoms with van der Waals surface area (Å²) in [6.45, 7) is 5.87. The van der Waals surface area contributed by atoms with Crippen LogP contribution in [0, 0.1) is 17.0 Å². The Kier molecular flexibility index (Phi) is 5.63. The highest BCUT2D eigenvalue weighted by Crippen LogP contribution is 2.47. The van der Waals surface area contributed by atoms with Gasteiger partial charge in [0.05, 0.1) is 0 Å². The summed E-state index contributed by atoms with van der Waals surface area (Å²) in [5, 5.41) is 4.97. The van der Waals surface area contributed by atoms with Crippen molar-refractivity contribution >= 4 is 28.9 Å². The first-order chi connectivity index (χ1) is 13.4. The molecule has 2 amide bonds.